The first-order valence-corrected chi connectivity index (χ1v) is 6.22. The normalized spacial score (nSPS) is 17.2. The molecule has 1 aromatic rings. The van der Waals surface area contributed by atoms with Crippen LogP contribution in [0.3, 0.4) is 0 Å². The van der Waals surface area contributed by atoms with Crippen LogP contribution >= 0.6 is 11.6 Å². The Morgan fingerprint density at radius 3 is 2.69 bits per heavy atom. The zero-order valence-corrected chi connectivity index (χ0v) is 10.7. The van der Waals surface area contributed by atoms with E-state index in [4.69, 9.17) is 17.3 Å². The zero-order chi connectivity index (χ0) is 11.7. The van der Waals surface area contributed by atoms with E-state index in [0.29, 0.717) is 0 Å². The van der Waals surface area contributed by atoms with E-state index in [-0.39, 0.29) is 6.04 Å². The summed E-state index contributed by atoms with van der Waals surface area (Å²) in [4.78, 5) is 2.31. The van der Waals surface area contributed by atoms with Crippen molar-refractivity contribution in [2.45, 2.75) is 38.3 Å². The Morgan fingerprint density at radius 1 is 1.50 bits per heavy atom. The Balaban J connectivity index is 2.14. The molecule has 1 aromatic carbocycles. The molecule has 1 aliphatic carbocycles. The van der Waals surface area contributed by atoms with Gasteiger partial charge in [0, 0.05) is 29.8 Å². The number of nitrogens with two attached hydrogens (primary N) is 1. The standard InChI is InChI=1S/C13H19ClN2/c1-9(15)7-10-3-4-12(8-13(10)14)16(2)11-5-6-11/h3-4,8-9,11H,5-7,15H2,1-2H3. The van der Waals surface area contributed by atoms with E-state index in [1.807, 2.05) is 6.92 Å². The third-order valence-electron chi connectivity index (χ3n) is 3.08. The molecule has 1 unspecified atom stereocenters. The second-order valence-corrected chi connectivity index (χ2v) is 5.21. The summed E-state index contributed by atoms with van der Waals surface area (Å²) in [6.45, 7) is 2.00. The van der Waals surface area contributed by atoms with E-state index in [2.05, 4.69) is 30.1 Å². The van der Waals surface area contributed by atoms with Crippen LogP contribution in [0, 0.1) is 0 Å². The van der Waals surface area contributed by atoms with E-state index in [1.165, 1.54) is 18.5 Å². The summed E-state index contributed by atoms with van der Waals surface area (Å²) in [5, 5.41) is 0.835. The van der Waals surface area contributed by atoms with Crippen molar-refractivity contribution in [2.24, 2.45) is 5.73 Å². The first-order chi connectivity index (χ1) is 7.58. The van der Waals surface area contributed by atoms with Crippen LogP contribution in [0.2, 0.25) is 5.02 Å². The average molecular weight is 239 g/mol. The lowest BCUT2D eigenvalue weighted by Crippen LogP contribution is -2.20. The number of hydrogen-bond donors (Lipinski definition) is 1. The van der Waals surface area contributed by atoms with Crippen molar-refractivity contribution >= 4 is 17.3 Å². The highest BCUT2D eigenvalue weighted by molar-refractivity contribution is 6.31. The predicted octanol–water partition coefficient (Wildman–Crippen LogP) is 2.83. The van der Waals surface area contributed by atoms with Crippen molar-refractivity contribution in [1.29, 1.82) is 0 Å². The summed E-state index contributed by atoms with van der Waals surface area (Å²) in [6, 6.07) is 7.17. The molecule has 0 spiro atoms. The molecule has 1 saturated carbocycles. The van der Waals surface area contributed by atoms with Crippen LogP contribution in [0.4, 0.5) is 5.69 Å². The van der Waals surface area contributed by atoms with Gasteiger partial charge in [0.2, 0.25) is 0 Å². The van der Waals surface area contributed by atoms with Gasteiger partial charge in [-0.3, -0.25) is 0 Å². The molecule has 1 atom stereocenters. The van der Waals surface area contributed by atoms with E-state index in [9.17, 15) is 0 Å². The molecule has 2 rings (SSSR count). The highest BCUT2D eigenvalue weighted by Gasteiger charge is 2.26. The molecule has 3 heteroatoms. The summed E-state index contributed by atoms with van der Waals surface area (Å²) < 4.78 is 0. The van der Waals surface area contributed by atoms with Gasteiger partial charge in [0.15, 0.2) is 0 Å². The van der Waals surface area contributed by atoms with Crippen LogP contribution in [0.15, 0.2) is 18.2 Å². The maximum absolute atomic E-state index is 6.26. The molecule has 1 fully saturated rings. The largest absolute Gasteiger partial charge is 0.372 e. The second-order valence-electron chi connectivity index (χ2n) is 4.80. The van der Waals surface area contributed by atoms with Gasteiger partial charge >= 0.3 is 0 Å². The smallest absolute Gasteiger partial charge is 0.0459 e. The molecular formula is C13H19ClN2. The number of hydrogen-bond acceptors (Lipinski definition) is 2. The summed E-state index contributed by atoms with van der Waals surface area (Å²) >= 11 is 6.26. The van der Waals surface area contributed by atoms with E-state index in [0.717, 1.165) is 23.0 Å². The fraction of sp³-hybridized carbons (Fsp3) is 0.538. The molecule has 88 valence electrons. The maximum atomic E-state index is 6.26. The predicted molar refractivity (Wildman–Crippen MR) is 70.2 cm³/mol. The highest BCUT2D eigenvalue weighted by atomic mass is 35.5. The van der Waals surface area contributed by atoms with Gasteiger partial charge in [-0.05, 0) is 43.9 Å². The molecule has 0 bridgehead atoms. The third-order valence-corrected chi connectivity index (χ3v) is 3.43. The van der Waals surface area contributed by atoms with Crippen molar-refractivity contribution in [3.63, 3.8) is 0 Å². The Bertz CT molecular complexity index is 372. The van der Waals surface area contributed by atoms with Gasteiger partial charge in [-0.2, -0.15) is 0 Å². The van der Waals surface area contributed by atoms with Crippen LogP contribution in [-0.4, -0.2) is 19.1 Å². The Morgan fingerprint density at radius 2 is 2.19 bits per heavy atom. The summed E-state index contributed by atoms with van der Waals surface area (Å²) in [7, 11) is 2.13. The number of anilines is 1. The average Bonchev–Trinajstić information content (AvgIpc) is 3.03. The van der Waals surface area contributed by atoms with E-state index in [1.54, 1.807) is 0 Å². The van der Waals surface area contributed by atoms with Crippen molar-refractivity contribution in [1.82, 2.24) is 0 Å². The quantitative estimate of drug-likeness (QED) is 0.874. The summed E-state index contributed by atoms with van der Waals surface area (Å²) in [5.41, 5.74) is 8.13. The molecule has 0 amide bonds. The molecule has 0 saturated heterocycles. The molecule has 2 N–H and O–H groups in total. The van der Waals surface area contributed by atoms with Gasteiger partial charge in [-0.1, -0.05) is 17.7 Å². The van der Waals surface area contributed by atoms with Gasteiger partial charge in [0.05, 0.1) is 0 Å². The number of nitrogens with zero attached hydrogens (tertiary/aromatic N) is 1. The van der Waals surface area contributed by atoms with Gasteiger partial charge in [0.1, 0.15) is 0 Å². The SMILES string of the molecule is CC(N)Cc1ccc(N(C)C2CC2)cc1Cl. The van der Waals surface area contributed by atoms with Crippen LogP contribution < -0.4 is 10.6 Å². The Kier molecular flexibility index (Phi) is 3.41. The molecule has 1 aliphatic rings. The first-order valence-electron chi connectivity index (χ1n) is 5.85. The van der Waals surface area contributed by atoms with Gasteiger partial charge < -0.3 is 10.6 Å². The monoisotopic (exact) mass is 238 g/mol. The minimum atomic E-state index is 0.157. The van der Waals surface area contributed by atoms with Crippen LogP contribution in [0.5, 0.6) is 0 Å². The number of halogens is 1. The topological polar surface area (TPSA) is 29.3 Å². The molecular weight excluding hydrogens is 220 g/mol. The van der Waals surface area contributed by atoms with Crippen molar-refractivity contribution in [3.8, 4) is 0 Å². The summed E-state index contributed by atoms with van der Waals surface area (Å²) in [6.07, 6.45) is 3.44. The van der Waals surface area contributed by atoms with Crippen molar-refractivity contribution in [3.05, 3.63) is 28.8 Å². The van der Waals surface area contributed by atoms with E-state index < -0.39 is 0 Å². The fourth-order valence-electron chi connectivity index (χ4n) is 1.94. The van der Waals surface area contributed by atoms with Crippen LogP contribution in [0.25, 0.3) is 0 Å². The van der Waals surface area contributed by atoms with E-state index >= 15 is 0 Å². The number of rotatable bonds is 4. The summed E-state index contributed by atoms with van der Waals surface area (Å²) in [5.74, 6) is 0. The molecule has 0 aromatic heterocycles. The number of benzene rings is 1. The lowest BCUT2D eigenvalue weighted by molar-refractivity contribution is 0.738. The van der Waals surface area contributed by atoms with Gasteiger partial charge in [-0.15, -0.1) is 0 Å². The van der Waals surface area contributed by atoms with Crippen molar-refractivity contribution < 1.29 is 0 Å². The molecule has 0 aliphatic heterocycles. The molecule has 16 heavy (non-hydrogen) atoms. The van der Waals surface area contributed by atoms with Crippen molar-refractivity contribution in [2.75, 3.05) is 11.9 Å². The lowest BCUT2D eigenvalue weighted by atomic mass is 10.1. The van der Waals surface area contributed by atoms with Gasteiger partial charge in [-0.25, -0.2) is 0 Å². The molecule has 0 radical (unpaired) electrons. The molecule has 2 nitrogen and oxygen atoms in total. The molecule has 0 heterocycles. The lowest BCUT2D eigenvalue weighted by Gasteiger charge is -2.19. The Labute approximate surface area is 102 Å². The Hall–Kier alpha value is -0.730. The maximum Gasteiger partial charge on any atom is 0.0459 e. The van der Waals surface area contributed by atoms with Gasteiger partial charge in [0.25, 0.3) is 0 Å². The second kappa shape index (κ2) is 4.64. The van der Waals surface area contributed by atoms with Crippen LogP contribution in [0.1, 0.15) is 25.3 Å². The zero-order valence-electron chi connectivity index (χ0n) is 9.91. The first kappa shape index (κ1) is 11.7. The highest BCUT2D eigenvalue weighted by Crippen LogP contribution is 2.32. The minimum Gasteiger partial charge on any atom is -0.372 e. The minimum absolute atomic E-state index is 0.157. The fourth-order valence-corrected chi connectivity index (χ4v) is 2.19. The van der Waals surface area contributed by atoms with Crippen LogP contribution in [-0.2, 0) is 6.42 Å². The third kappa shape index (κ3) is 2.69.